The molecular formula is C10H21Cl2N3. The molecule has 0 aliphatic carbocycles. The number of nitrogens with zero attached hydrogens (tertiary/aromatic N) is 3. The van der Waals surface area contributed by atoms with E-state index in [1.807, 2.05) is 6.08 Å². The van der Waals surface area contributed by atoms with Crippen LogP contribution in [0.15, 0.2) is 25.1 Å². The third-order valence-corrected chi connectivity index (χ3v) is 2.05. The second-order valence-electron chi connectivity index (χ2n) is 3.62. The summed E-state index contributed by atoms with van der Waals surface area (Å²) in [6, 6.07) is 0. The number of hydrogen-bond acceptors (Lipinski definition) is 3. The maximum atomic E-state index is 3.72. The summed E-state index contributed by atoms with van der Waals surface area (Å²) in [5, 5.41) is 0. The Hall–Kier alpha value is -0.380. The first kappa shape index (κ1) is 17.0. The maximum absolute atomic E-state index is 3.72. The fourth-order valence-electron chi connectivity index (χ4n) is 1.27. The van der Waals surface area contributed by atoms with Gasteiger partial charge in [0, 0.05) is 32.0 Å². The minimum Gasteiger partial charge on any atom is -0.357 e. The normalized spacial score (nSPS) is 13.8. The van der Waals surface area contributed by atoms with E-state index in [4.69, 9.17) is 0 Å². The van der Waals surface area contributed by atoms with Gasteiger partial charge in [-0.1, -0.05) is 6.08 Å². The standard InChI is InChI=1S/C10H19N3.2ClH/c1-4-5-12-8-9-13(10-12)7-6-11(2)3;;/h4,8-9H,1,5-7,10H2,2-3H3;2*1H. The van der Waals surface area contributed by atoms with Gasteiger partial charge in [-0.15, -0.1) is 31.4 Å². The van der Waals surface area contributed by atoms with E-state index in [-0.39, 0.29) is 24.8 Å². The van der Waals surface area contributed by atoms with Gasteiger partial charge in [-0.05, 0) is 14.1 Å². The molecule has 0 saturated carbocycles. The highest BCUT2D eigenvalue weighted by molar-refractivity contribution is 5.85. The van der Waals surface area contributed by atoms with Crippen LogP contribution in [0.5, 0.6) is 0 Å². The lowest BCUT2D eigenvalue weighted by Gasteiger charge is -2.21. The van der Waals surface area contributed by atoms with E-state index in [0.29, 0.717) is 0 Å². The minimum atomic E-state index is 0. The number of rotatable bonds is 5. The van der Waals surface area contributed by atoms with Gasteiger partial charge in [-0.3, -0.25) is 0 Å². The van der Waals surface area contributed by atoms with Gasteiger partial charge >= 0.3 is 0 Å². The predicted molar refractivity (Wildman–Crippen MR) is 70.7 cm³/mol. The Labute approximate surface area is 105 Å². The highest BCUT2D eigenvalue weighted by Crippen LogP contribution is 2.05. The number of hydrogen-bond donors (Lipinski definition) is 0. The van der Waals surface area contributed by atoms with Crippen LogP contribution in [0.2, 0.25) is 0 Å². The lowest BCUT2D eigenvalue weighted by Crippen LogP contribution is -2.31. The van der Waals surface area contributed by atoms with E-state index in [0.717, 1.165) is 26.3 Å². The molecule has 0 saturated heterocycles. The third-order valence-electron chi connectivity index (χ3n) is 2.05. The average Bonchev–Trinajstić information content (AvgIpc) is 2.50. The molecule has 90 valence electrons. The number of halogens is 2. The zero-order valence-electron chi connectivity index (χ0n) is 9.43. The zero-order valence-corrected chi connectivity index (χ0v) is 11.1. The molecule has 0 atom stereocenters. The highest BCUT2D eigenvalue weighted by atomic mass is 35.5. The summed E-state index contributed by atoms with van der Waals surface area (Å²) < 4.78 is 0. The van der Waals surface area contributed by atoms with Crippen LogP contribution >= 0.6 is 24.8 Å². The Morgan fingerprint density at radius 2 is 1.87 bits per heavy atom. The molecule has 0 fully saturated rings. The molecule has 0 amide bonds. The van der Waals surface area contributed by atoms with Gasteiger partial charge < -0.3 is 14.7 Å². The fraction of sp³-hybridized carbons (Fsp3) is 0.600. The quantitative estimate of drug-likeness (QED) is 0.690. The van der Waals surface area contributed by atoms with Gasteiger partial charge in [-0.2, -0.15) is 0 Å². The summed E-state index contributed by atoms with van der Waals surface area (Å²) >= 11 is 0. The predicted octanol–water partition coefficient (Wildman–Crippen LogP) is 1.62. The second-order valence-corrected chi connectivity index (χ2v) is 3.62. The summed E-state index contributed by atoms with van der Waals surface area (Å²) in [5.41, 5.74) is 0. The Balaban J connectivity index is 0. The summed E-state index contributed by atoms with van der Waals surface area (Å²) in [5.74, 6) is 0. The van der Waals surface area contributed by atoms with Crippen molar-refractivity contribution in [3.8, 4) is 0 Å². The lowest BCUT2D eigenvalue weighted by molar-refractivity contribution is 0.254. The molecule has 0 radical (unpaired) electrons. The molecular weight excluding hydrogens is 233 g/mol. The first-order valence-electron chi connectivity index (χ1n) is 4.64. The smallest absolute Gasteiger partial charge is 0.0897 e. The summed E-state index contributed by atoms with van der Waals surface area (Å²) in [4.78, 5) is 6.75. The molecule has 0 aromatic rings. The van der Waals surface area contributed by atoms with E-state index in [1.54, 1.807) is 0 Å². The molecule has 5 heteroatoms. The minimum absolute atomic E-state index is 0. The van der Waals surface area contributed by atoms with Crippen molar-refractivity contribution in [2.24, 2.45) is 0 Å². The monoisotopic (exact) mass is 253 g/mol. The van der Waals surface area contributed by atoms with Crippen molar-refractivity contribution in [3.05, 3.63) is 25.1 Å². The van der Waals surface area contributed by atoms with E-state index in [2.05, 4.69) is 47.8 Å². The van der Waals surface area contributed by atoms with Crippen LogP contribution in [0.4, 0.5) is 0 Å². The summed E-state index contributed by atoms with van der Waals surface area (Å²) in [6.45, 7) is 7.86. The average molecular weight is 254 g/mol. The largest absolute Gasteiger partial charge is 0.357 e. The van der Waals surface area contributed by atoms with Crippen LogP contribution in [0, 0.1) is 0 Å². The lowest BCUT2D eigenvalue weighted by atomic mass is 10.5. The van der Waals surface area contributed by atoms with Crippen molar-refractivity contribution in [3.63, 3.8) is 0 Å². The molecule has 0 unspecified atom stereocenters. The molecule has 0 bridgehead atoms. The Bertz CT molecular complexity index is 195. The topological polar surface area (TPSA) is 9.72 Å². The van der Waals surface area contributed by atoms with Crippen molar-refractivity contribution >= 4 is 24.8 Å². The fourth-order valence-corrected chi connectivity index (χ4v) is 1.27. The van der Waals surface area contributed by atoms with E-state index in [1.165, 1.54) is 0 Å². The van der Waals surface area contributed by atoms with Crippen LogP contribution in [-0.4, -0.2) is 55.1 Å². The molecule has 15 heavy (non-hydrogen) atoms. The van der Waals surface area contributed by atoms with Gasteiger partial charge in [-0.25, -0.2) is 0 Å². The molecule has 0 N–H and O–H groups in total. The van der Waals surface area contributed by atoms with Gasteiger partial charge in [0.2, 0.25) is 0 Å². The van der Waals surface area contributed by atoms with Gasteiger partial charge in [0.05, 0.1) is 6.67 Å². The third kappa shape index (κ3) is 6.66. The highest BCUT2D eigenvalue weighted by Gasteiger charge is 2.09. The van der Waals surface area contributed by atoms with Crippen LogP contribution in [0.3, 0.4) is 0 Å². The van der Waals surface area contributed by atoms with Crippen molar-refractivity contribution in [2.75, 3.05) is 40.4 Å². The van der Waals surface area contributed by atoms with Crippen molar-refractivity contribution in [1.82, 2.24) is 14.7 Å². The van der Waals surface area contributed by atoms with E-state index >= 15 is 0 Å². The van der Waals surface area contributed by atoms with Crippen molar-refractivity contribution in [2.45, 2.75) is 0 Å². The second kappa shape index (κ2) is 8.89. The van der Waals surface area contributed by atoms with E-state index in [9.17, 15) is 0 Å². The molecule has 1 rings (SSSR count). The maximum Gasteiger partial charge on any atom is 0.0897 e. The zero-order chi connectivity index (χ0) is 9.68. The van der Waals surface area contributed by atoms with Crippen molar-refractivity contribution in [1.29, 1.82) is 0 Å². The summed E-state index contributed by atoms with van der Waals surface area (Å²) in [6.07, 6.45) is 6.20. The molecule has 0 aromatic carbocycles. The van der Waals surface area contributed by atoms with Gasteiger partial charge in [0.25, 0.3) is 0 Å². The molecule has 0 spiro atoms. The summed E-state index contributed by atoms with van der Waals surface area (Å²) in [7, 11) is 4.20. The van der Waals surface area contributed by atoms with E-state index < -0.39 is 0 Å². The van der Waals surface area contributed by atoms with Crippen LogP contribution in [0.25, 0.3) is 0 Å². The Morgan fingerprint density at radius 1 is 1.27 bits per heavy atom. The molecule has 1 heterocycles. The molecule has 0 aromatic heterocycles. The molecule has 3 nitrogen and oxygen atoms in total. The molecule has 1 aliphatic heterocycles. The Kier molecular flexibility index (Phi) is 10.1. The number of likely N-dealkylation sites (N-methyl/N-ethyl adjacent to an activating group) is 1. The van der Waals surface area contributed by atoms with Crippen molar-refractivity contribution < 1.29 is 0 Å². The van der Waals surface area contributed by atoms with Gasteiger partial charge in [0.15, 0.2) is 0 Å². The van der Waals surface area contributed by atoms with Crippen LogP contribution < -0.4 is 0 Å². The van der Waals surface area contributed by atoms with Gasteiger partial charge in [0.1, 0.15) is 0 Å². The Morgan fingerprint density at radius 3 is 2.40 bits per heavy atom. The molecule has 1 aliphatic rings. The van der Waals surface area contributed by atoms with Crippen LogP contribution in [-0.2, 0) is 0 Å². The SMILES string of the molecule is C=CCN1C=CN(CCN(C)C)C1.Cl.Cl. The first-order chi connectivity index (χ1) is 6.22. The van der Waals surface area contributed by atoms with Crippen LogP contribution in [0.1, 0.15) is 0 Å². The first-order valence-corrected chi connectivity index (χ1v) is 4.64.